The minimum Gasteiger partial charge on any atom is -0.327 e. The average Bonchev–Trinajstić information content (AvgIpc) is 3.20. The summed E-state index contributed by atoms with van der Waals surface area (Å²) in [6.07, 6.45) is 7.52. The summed E-state index contributed by atoms with van der Waals surface area (Å²) >= 11 is 0. The molecule has 1 aliphatic heterocycles. The monoisotopic (exact) mass is 352 g/mol. The van der Waals surface area contributed by atoms with E-state index >= 15 is 0 Å². The van der Waals surface area contributed by atoms with E-state index in [1.165, 1.54) is 57.3 Å². The van der Waals surface area contributed by atoms with E-state index < -0.39 is 0 Å². The number of unbranched alkanes of at least 4 members (excludes halogenated alkanes) is 1. The number of aryl methyl sites for hydroxylation is 2. The van der Waals surface area contributed by atoms with Gasteiger partial charge < -0.3 is 4.57 Å². The Bertz CT molecular complexity index is 1120. The van der Waals surface area contributed by atoms with E-state index in [4.69, 9.17) is 0 Å². The molecule has 2 nitrogen and oxygen atoms in total. The summed E-state index contributed by atoms with van der Waals surface area (Å²) in [7, 11) is 0. The quantitative estimate of drug-likeness (QED) is 0.371. The molecule has 0 saturated carbocycles. The maximum Gasteiger partial charge on any atom is 0.0852 e. The molecule has 1 atom stereocenters. The zero-order chi connectivity index (χ0) is 18.4. The molecule has 27 heavy (non-hydrogen) atoms. The molecule has 3 heterocycles. The molecule has 0 amide bonds. The van der Waals surface area contributed by atoms with Crippen LogP contribution in [-0.4, -0.2) is 9.55 Å². The van der Waals surface area contributed by atoms with Gasteiger partial charge in [-0.2, -0.15) is 0 Å². The number of rotatable bonds is 4. The Labute approximate surface area is 160 Å². The number of benzene rings is 2. The lowest BCUT2D eigenvalue weighted by Gasteiger charge is -2.17. The fraction of sp³-hybridized carbons (Fsp3) is 0.240. The summed E-state index contributed by atoms with van der Waals surface area (Å²) in [6.45, 7) is 4.46. The lowest BCUT2D eigenvalue weighted by molar-refractivity contribution is 0.736. The molecule has 1 aliphatic rings. The molecule has 5 rings (SSSR count). The van der Waals surface area contributed by atoms with Crippen LogP contribution in [0.1, 0.15) is 48.1 Å². The molecule has 2 aromatic heterocycles. The molecule has 1 unspecified atom stereocenters. The van der Waals surface area contributed by atoms with Crippen LogP contribution in [0.15, 0.2) is 67.0 Å². The highest BCUT2D eigenvalue weighted by molar-refractivity contribution is 5.94. The van der Waals surface area contributed by atoms with Gasteiger partial charge in [0.25, 0.3) is 0 Å². The van der Waals surface area contributed by atoms with E-state index in [0.717, 1.165) is 6.42 Å². The lowest BCUT2D eigenvalue weighted by atomic mass is 9.93. The number of nitrogens with zero attached hydrogens (tertiary/aromatic N) is 2. The second-order valence-corrected chi connectivity index (χ2v) is 7.60. The Morgan fingerprint density at radius 1 is 1.04 bits per heavy atom. The largest absolute Gasteiger partial charge is 0.327 e. The van der Waals surface area contributed by atoms with E-state index in [9.17, 15) is 0 Å². The maximum absolute atomic E-state index is 4.47. The van der Waals surface area contributed by atoms with Gasteiger partial charge in [0.15, 0.2) is 0 Å². The van der Waals surface area contributed by atoms with Gasteiger partial charge in [-0.25, -0.2) is 0 Å². The van der Waals surface area contributed by atoms with Crippen molar-refractivity contribution in [1.29, 1.82) is 0 Å². The third kappa shape index (κ3) is 2.43. The van der Waals surface area contributed by atoms with Gasteiger partial charge in [0.2, 0.25) is 0 Å². The Morgan fingerprint density at radius 3 is 2.70 bits per heavy atom. The van der Waals surface area contributed by atoms with E-state index in [1.807, 2.05) is 12.4 Å². The van der Waals surface area contributed by atoms with Gasteiger partial charge in [-0.15, -0.1) is 0 Å². The number of aromatic nitrogens is 2. The van der Waals surface area contributed by atoms with Gasteiger partial charge in [-0.05, 0) is 48.6 Å². The van der Waals surface area contributed by atoms with E-state index in [1.54, 1.807) is 0 Å². The van der Waals surface area contributed by atoms with Crippen LogP contribution >= 0.6 is 0 Å². The van der Waals surface area contributed by atoms with Gasteiger partial charge >= 0.3 is 0 Å². The first-order valence-electron chi connectivity index (χ1n) is 9.92. The van der Waals surface area contributed by atoms with Crippen molar-refractivity contribution in [3.63, 3.8) is 0 Å². The SMILES string of the molecule is CCCCc1c2n(c3cnccc13)C(c1ccccc1)c1ccc(C)cc1-2. The van der Waals surface area contributed by atoms with Gasteiger partial charge in [0.1, 0.15) is 0 Å². The van der Waals surface area contributed by atoms with Crippen LogP contribution in [0.2, 0.25) is 0 Å². The standard InChI is InChI=1S/C25H24N2/c1-3-4-10-20-19-13-14-26-16-23(19)27-24(18-8-6-5-7-9-18)21-12-11-17(2)15-22(21)25(20)27/h5-9,11-16,24H,3-4,10H2,1-2H3. The van der Waals surface area contributed by atoms with Gasteiger partial charge in [-0.1, -0.05) is 61.4 Å². The predicted octanol–water partition coefficient (Wildman–Crippen LogP) is 6.31. The van der Waals surface area contributed by atoms with Crippen molar-refractivity contribution in [3.05, 3.63) is 89.2 Å². The molecule has 0 N–H and O–H groups in total. The average molecular weight is 352 g/mol. The molecular weight excluding hydrogens is 328 g/mol. The van der Waals surface area contributed by atoms with Crippen LogP contribution in [-0.2, 0) is 6.42 Å². The maximum atomic E-state index is 4.47. The summed E-state index contributed by atoms with van der Waals surface area (Å²) < 4.78 is 2.53. The van der Waals surface area contributed by atoms with Crippen molar-refractivity contribution < 1.29 is 0 Å². The van der Waals surface area contributed by atoms with Crippen molar-refractivity contribution in [2.45, 2.75) is 39.2 Å². The van der Waals surface area contributed by atoms with Crippen LogP contribution in [0.25, 0.3) is 22.2 Å². The summed E-state index contributed by atoms with van der Waals surface area (Å²) in [5.74, 6) is 0. The second kappa shape index (κ2) is 6.38. The number of fused-ring (bicyclic) bond motifs is 5. The fourth-order valence-corrected chi connectivity index (χ4v) is 4.61. The Morgan fingerprint density at radius 2 is 1.89 bits per heavy atom. The van der Waals surface area contributed by atoms with Crippen LogP contribution in [0.5, 0.6) is 0 Å². The molecule has 0 aliphatic carbocycles. The van der Waals surface area contributed by atoms with Crippen molar-refractivity contribution in [2.24, 2.45) is 0 Å². The van der Waals surface area contributed by atoms with Crippen molar-refractivity contribution in [3.8, 4) is 11.3 Å². The summed E-state index contributed by atoms with van der Waals surface area (Å²) in [5.41, 5.74) is 9.60. The lowest BCUT2D eigenvalue weighted by Crippen LogP contribution is -2.07. The first-order valence-corrected chi connectivity index (χ1v) is 9.92. The Hall–Kier alpha value is -2.87. The van der Waals surface area contributed by atoms with Crippen molar-refractivity contribution >= 4 is 10.9 Å². The number of pyridine rings is 1. The normalized spacial score (nSPS) is 15.1. The van der Waals surface area contributed by atoms with Crippen LogP contribution in [0.4, 0.5) is 0 Å². The van der Waals surface area contributed by atoms with Crippen molar-refractivity contribution in [2.75, 3.05) is 0 Å². The second-order valence-electron chi connectivity index (χ2n) is 7.60. The molecule has 0 spiro atoms. The molecule has 0 saturated heterocycles. The van der Waals surface area contributed by atoms with Crippen LogP contribution in [0, 0.1) is 6.92 Å². The molecule has 0 bridgehead atoms. The summed E-state index contributed by atoms with van der Waals surface area (Å²) in [5, 5.41) is 1.36. The van der Waals surface area contributed by atoms with Gasteiger partial charge in [-0.3, -0.25) is 4.98 Å². The highest BCUT2D eigenvalue weighted by atomic mass is 15.1. The van der Waals surface area contributed by atoms with E-state index in [-0.39, 0.29) is 6.04 Å². The molecule has 0 fully saturated rings. The number of hydrogen-bond acceptors (Lipinski definition) is 1. The third-order valence-corrected chi connectivity index (χ3v) is 5.82. The van der Waals surface area contributed by atoms with Crippen LogP contribution < -0.4 is 0 Å². The molecule has 2 heteroatoms. The highest BCUT2D eigenvalue weighted by Crippen LogP contribution is 2.49. The smallest absolute Gasteiger partial charge is 0.0852 e. The van der Waals surface area contributed by atoms with E-state index in [0.29, 0.717) is 0 Å². The number of hydrogen-bond donors (Lipinski definition) is 0. The molecular formula is C25H24N2. The van der Waals surface area contributed by atoms with Crippen molar-refractivity contribution in [1.82, 2.24) is 9.55 Å². The minimum absolute atomic E-state index is 0.221. The Balaban J connectivity index is 1.87. The topological polar surface area (TPSA) is 17.8 Å². The molecule has 4 aromatic rings. The zero-order valence-corrected chi connectivity index (χ0v) is 15.9. The van der Waals surface area contributed by atoms with E-state index in [2.05, 4.69) is 78.0 Å². The molecule has 0 radical (unpaired) electrons. The van der Waals surface area contributed by atoms with Crippen LogP contribution in [0.3, 0.4) is 0 Å². The first kappa shape index (κ1) is 16.3. The molecule has 134 valence electrons. The van der Waals surface area contributed by atoms with Gasteiger partial charge in [0.05, 0.1) is 23.4 Å². The highest BCUT2D eigenvalue weighted by Gasteiger charge is 2.34. The zero-order valence-electron chi connectivity index (χ0n) is 15.9. The summed E-state index contributed by atoms with van der Waals surface area (Å²) in [4.78, 5) is 4.47. The Kier molecular flexibility index (Phi) is 3.86. The predicted molar refractivity (Wildman–Crippen MR) is 112 cm³/mol. The summed E-state index contributed by atoms with van der Waals surface area (Å²) in [6, 6.07) is 20.2. The third-order valence-electron chi connectivity index (χ3n) is 5.82. The van der Waals surface area contributed by atoms with Gasteiger partial charge in [0, 0.05) is 17.1 Å². The minimum atomic E-state index is 0.221. The fourth-order valence-electron chi connectivity index (χ4n) is 4.61. The first-order chi connectivity index (χ1) is 13.3. The molecule has 2 aromatic carbocycles.